The number of likely N-dealkylation sites (tertiary alicyclic amines) is 1. The molecule has 26 heavy (non-hydrogen) atoms. The molecule has 0 radical (unpaired) electrons. The Bertz CT molecular complexity index is 617. The summed E-state index contributed by atoms with van der Waals surface area (Å²) in [7, 11) is 2.10. The number of ether oxygens (including phenoxy) is 1. The van der Waals surface area contributed by atoms with Crippen molar-refractivity contribution in [2.45, 2.75) is 50.9 Å². The first-order valence-corrected chi connectivity index (χ1v) is 10.2. The van der Waals surface area contributed by atoms with Crippen LogP contribution in [0.4, 0.5) is 0 Å². The van der Waals surface area contributed by atoms with Crippen molar-refractivity contribution in [3.63, 3.8) is 0 Å². The number of hydrogen-bond acceptors (Lipinski definition) is 4. The van der Waals surface area contributed by atoms with Gasteiger partial charge in [-0.3, -0.25) is 9.59 Å². The molecule has 4 heterocycles. The van der Waals surface area contributed by atoms with Crippen LogP contribution >= 0.6 is 0 Å². The van der Waals surface area contributed by atoms with Gasteiger partial charge in [0.15, 0.2) is 0 Å². The highest BCUT2D eigenvalue weighted by Crippen LogP contribution is 2.53. The summed E-state index contributed by atoms with van der Waals surface area (Å²) in [6.07, 6.45) is 6.71. The first-order valence-electron chi connectivity index (χ1n) is 10.2. The molecule has 0 saturated carbocycles. The Kier molecular flexibility index (Phi) is 4.59. The van der Waals surface area contributed by atoms with Crippen LogP contribution in [-0.2, 0) is 14.3 Å². The van der Waals surface area contributed by atoms with E-state index in [4.69, 9.17) is 4.74 Å². The van der Waals surface area contributed by atoms with E-state index >= 15 is 0 Å². The second kappa shape index (κ2) is 6.64. The Morgan fingerprint density at radius 2 is 2.04 bits per heavy atom. The van der Waals surface area contributed by atoms with E-state index in [0.29, 0.717) is 6.54 Å². The summed E-state index contributed by atoms with van der Waals surface area (Å²) in [5, 5.41) is 0. The van der Waals surface area contributed by atoms with Gasteiger partial charge in [0, 0.05) is 25.7 Å². The topological polar surface area (TPSA) is 53.1 Å². The largest absolute Gasteiger partial charge is 0.360 e. The van der Waals surface area contributed by atoms with Gasteiger partial charge in [-0.25, -0.2) is 0 Å². The highest BCUT2D eigenvalue weighted by atomic mass is 16.5. The first-order chi connectivity index (χ1) is 12.5. The molecule has 4 aliphatic rings. The molecule has 3 fully saturated rings. The molecule has 0 aromatic carbocycles. The molecule has 0 aromatic rings. The van der Waals surface area contributed by atoms with E-state index in [1.54, 1.807) is 0 Å². The molecule has 0 aromatic heterocycles. The molecule has 0 unspecified atom stereocenters. The third-order valence-electron chi connectivity index (χ3n) is 6.83. The third-order valence-corrected chi connectivity index (χ3v) is 6.83. The fourth-order valence-corrected chi connectivity index (χ4v) is 5.33. The fourth-order valence-electron chi connectivity index (χ4n) is 5.33. The van der Waals surface area contributed by atoms with Crippen molar-refractivity contribution in [3.05, 3.63) is 12.2 Å². The molecular weight excluding hydrogens is 330 g/mol. The van der Waals surface area contributed by atoms with Gasteiger partial charge >= 0.3 is 0 Å². The second-order valence-corrected chi connectivity index (χ2v) is 8.32. The Labute approximate surface area is 156 Å². The van der Waals surface area contributed by atoms with E-state index in [-0.39, 0.29) is 35.8 Å². The van der Waals surface area contributed by atoms with Gasteiger partial charge in [-0.2, -0.15) is 0 Å². The first kappa shape index (κ1) is 18.0. The maximum Gasteiger partial charge on any atom is 0.230 e. The van der Waals surface area contributed by atoms with Crippen molar-refractivity contribution < 1.29 is 14.3 Å². The highest BCUT2D eigenvalue weighted by molar-refractivity contribution is 5.93. The monoisotopic (exact) mass is 361 g/mol. The molecule has 2 amide bonds. The number of amides is 2. The van der Waals surface area contributed by atoms with Gasteiger partial charge in [0.25, 0.3) is 0 Å². The predicted octanol–water partition coefficient (Wildman–Crippen LogP) is 1.12. The quantitative estimate of drug-likeness (QED) is 0.704. The van der Waals surface area contributed by atoms with Crippen molar-refractivity contribution in [2.24, 2.45) is 11.8 Å². The van der Waals surface area contributed by atoms with E-state index in [1.807, 2.05) is 15.9 Å². The van der Waals surface area contributed by atoms with Crippen LogP contribution in [-0.4, -0.2) is 84.0 Å². The lowest BCUT2D eigenvalue weighted by atomic mass is 9.76. The van der Waals surface area contributed by atoms with Crippen molar-refractivity contribution in [1.82, 2.24) is 14.7 Å². The number of hydrogen-bond donors (Lipinski definition) is 0. The van der Waals surface area contributed by atoms with E-state index in [0.717, 1.165) is 45.4 Å². The summed E-state index contributed by atoms with van der Waals surface area (Å²) in [4.78, 5) is 32.9. The van der Waals surface area contributed by atoms with Gasteiger partial charge in [-0.1, -0.05) is 26.0 Å². The minimum absolute atomic E-state index is 0.112. The van der Waals surface area contributed by atoms with Crippen LogP contribution in [0.3, 0.4) is 0 Å². The van der Waals surface area contributed by atoms with Crippen molar-refractivity contribution in [2.75, 3.05) is 39.8 Å². The van der Waals surface area contributed by atoms with Gasteiger partial charge < -0.3 is 19.4 Å². The second-order valence-electron chi connectivity index (χ2n) is 8.32. The lowest BCUT2D eigenvalue weighted by Gasteiger charge is -2.30. The summed E-state index contributed by atoms with van der Waals surface area (Å²) < 4.78 is 6.27. The van der Waals surface area contributed by atoms with Crippen LogP contribution in [0.5, 0.6) is 0 Å². The normalized spacial score (nSPS) is 36.9. The lowest BCUT2D eigenvalue weighted by Crippen LogP contribution is -2.47. The number of carbonyl (C=O) groups is 2. The van der Waals surface area contributed by atoms with Gasteiger partial charge in [-0.05, 0) is 32.9 Å². The van der Waals surface area contributed by atoms with E-state index in [9.17, 15) is 9.59 Å². The molecular formula is C20H31N3O3. The van der Waals surface area contributed by atoms with Crippen LogP contribution in [0.2, 0.25) is 0 Å². The van der Waals surface area contributed by atoms with E-state index < -0.39 is 5.60 Å². The number of carbonyl (C=O) groups excluding carboxylic acids is 2. The number of likely N-dealkylation sites (N-methyl/N-ethyl adjacent to an activating group) is 1. The average Bonchev–Trinajstić information content (AvgIpc) is 3.21. The van der Waals surface area contributed by atoms with Gasteiger partial charge in [0.2, 0.25) is 11.8 Å². The van der Waals surface area contributed by atoms with Crippen molar-refractivity contribution >= 4 is 11.8 Å². The van der Waals surface area contributed by atoms with Crippen LogP contribution in [0, 0.1) is 11.8 Å². The van der Waals surface area contributed by atoms with Gasteiger partial charge in [0.05, 0.1) is 24.5 Å². The zero-order valence-electron chi connectivity index (χ0n) is 16.2. The van der Waals surface area contributed by atoms with Gasteiger partial charge in [-0.15, -0.1) is 0 Å². The molecule has 3 saturated heterocycles. The standard InChI is InChI=1S/C20H31N3O3/c1-4-14(5-2)23-13-20-8-7-15(26-20)16(17(20)19(23)25)18(24)22-10-6-9-21(3)11-12-22/h7-8,14-17H,4-6,9-13H2,1-3H3/t15-,16+,17+,20-/m0/s1. The number of rotatable bonds is 4. The van der Waals surface area contributed by atoms with Crippen LogP contribution < -0.4 is 0 Å². The molecule has 144 valence electrons. The van der Waals surface area contributed by atoms with E-state index in [1.165, 1.54) is 0 Å². The zero-order valence-corrected chi connectivity index (χ0v) is 16.2. The van der Waals surface area contributed by atoms with Crippen LogP contribution in [0.15, 0.2) is 12.2 Å². The minimum Gasteiger partial charge on any atom is -0.360 e. The predicted molar refractivity (Wildman–Crippen MR) is 98.5 cm³/mol. The highest BCUT2D eigenvalue weighted by Gasteiger charge is 2.67. The van der Waals surface area contributed by atoms with Crippen LogP contribution in [0.1, 0.15) is 33.1 Å². The Morgan fingerprint density at radius 1 is 1.27 bits per heavy atom. The molecule has 4 atom stereocenters. The number of fused-ring (bicyclic) bond motifs is 1. The van der Waals surface area contributed by atoms with E-state index in [2.05, 4.69) is 31.9 Å². The Hall–Kier alpha value is -1.40. The molecule has 2 bridgehead atoms. The Morgan fingerprint density at radius 3 is 2.77 bits per heavy atom. The third kappa shape index (κ3) is 2.61. The summed E-state index contributed by atoms with van der Waals surface area (Å²) in [5.41, 5.74) is -0.576. The van der Waals surface area contributed by atoms with Gasteiger partial charge in [0.1, 0.15) is 5.60 Å². The summed E-state index contributed by atoms with van der Waals surface area (Å²) in [6.45, 7) is 8.27. The van der Waals surface area contributed by atoms with Crippen LogP contribution in [0.25, 0.3) is 0 Å². The Balaban J connectivity index is 1.58. The summed E-state index contributed by atoms with van der Waals surface area (Å²) in [5.74, 6) is -0.459. The molecule has 4 aliphatic heterocycles. The maximum atomic E-state index is 13.4. The summed E-state index contributed by atoms with van der Waals surface area (Å²) >= 11 is 0. The molecule has 6 heteroatoms. The zero-order chi connectivity index (χ0) is 18.5. The molecule has 0 aliphatic carbocycles. The minimum atomic E-state index is -0.576. The molecule has 4 rings (SSSR count). The average molecular weight is 361 g/mol. The molecule has 1 spiro atoms. The molecule has 6 nitrogen and oxygen atoms in total. The van der Waals surface area contributed by atoms with Crippen molar-refractivity contribution in [3.8, 4) is 0 Å². The SMILES string of the molecule is CCC(CC)N1C[C@]23C=C[C@H](O2)[C@@H](C(=O)N2CCCN(C)CC2)[C@@H]3C1=O. The molecule has 0 N–H and O–H groups in total. The summed E-state index contributed by atoms with van der Waals surface area (Å²) in [6, 6.07) is 0.237. The van der Waals surface area contributed by atoms with Crippen molar-refractivity contribution in [1.29, 1.82) is 0 Å². The smallest absolute Gasteiger partial charge is 0.230 e. The number of nitrogens with zero attached hydrogens (tertiary/aromatic N) is 3. The lowest BCUT2D eigenvalue weighted by molar-refractivity contribution is -0.144. The maximum absolute atomic E-state index is 13.4. The fraction of sp³-hybridized carbons (Fsp3) is 0.800.